The molecule has 0 aliphatic carbocycles. The largest absolute Gasteiger partial charge is 0.373 e. The van der Waals surface area contributed by atoms with Crippen LogP contribution in [0.2, 0.25) is 0 Å². The number of amides is 1. The number of hydrogen-bond donors (Lipinski definition) is 1. The van der Waals surface area contributed by atoms with Gasteiger partial charge < -0.3 is 15.0 Å². The number of ether oxygens (including phenoxy) is 1. The van der Waals surface area contributed by atoms with Crippen molar-refractivity contribution in [3.8, 4) is 0 Å². The summed E-state index contributed by atoms with van der Waals surface area (Å²) in [5.41, 5.74) is 0. The minimum absolute atomic E-state index is 0.202. The molecule has 0 aromatic rings. The van der Waals surface area contributed by atoms with Crippen LogP contribution in [0.25, 0.3) is 0 Å². The predicted molar refractivity (Wildman–Crippen MR) is 62.2 cm³/mol. The summed E-state index contributed by atoms with van der Waals surface area (Å²) in [4.78, 5) is 13.7. The van der Waals surface area contributed by atoms with E-state index in [0.717, 1.165) is 25.9 Å². The number of rotatable bonds is 5. The van der Waals surface area contributed by atoms with E-state index in [4.69, 9.17) is 4.74 Å². The molecule has 2 aliphatic rings. The number of likely N-dealkylation sites (N-methyl/N-ethyl adjacent to an activating group) is 1. The first-order valence-electron chi connectivity index (χ1n) is 6.41. The molecule has 16 heavy (non-hydrogen) atoms. The lowest BCUT2D eigenvalue weighted by Crippen LogP contribution is -2.44. The van der Waals surface area contributed by atoms with Crippen LogP contribution in [-0.4, -0.2) is 48.7 Å². The Morgan fingerprint density at radius 3 is 2.62 bits per heavy atom. The Bertz CT molecular complexity index is 253. The smallest absolute Gasteiger partial charge is 0.236 e. The summed E-state index contributed by atoms with van der Waals surface area (Å²) in [6, 6.07) is 0.401. The van der Waals surface area contributed by atoms with Gasteiger partial charge in [-0.25, -0.2) is 0 Å². The summed E-state index contributed by atoms with van der Waals surface area (Å²) >= 11 is 0. The highest BCUT2D eigenvalue weighted by Crippen LogP contribution is 2.34. The van der Waals surface area contributed by atoms with E-state index in [0.29, 0.717) is 24.8 Å². The van der Waals surface area contributed by atoms with Crippen LogP contribution in [0.5, 0.6) is 0 Å². The summed E-state index contributed by atoms with van der Waals surface area (Å²) in [6.45, 7) is 6.08. The average molecular weight is 226 g/mol. The van der Waals surface area contributed by atoms with Gasteiger partial charge in [0, 0.05) is 19.1 Å². The molecule has 1 amide bonds. The van der Waals surface area contributed by atoms with E-state index in [2.05, 4.69) is 5.32 Å². The monoisotopic (exact) mass is 226 g/mol. The van der Waals surface area contributed by atoms with Gasteiger partial charge in [0.05, 0.1) is 18.8 Å². The Labute approximate surface area is 97.3 Å². The first-order chi connectivity index (χ1) is 7.74. The number of carbonyl (C=O) groups is 1. The number of hydrogen-bond acceptors (Lipinski definition) is 3. The molecule has 2 saturated heterocycles. The van der Waals surface area contributed by atoms with E-state index in [-0.39, 0.29) is 5.91 Å². The normalized spacial score (nSPS) is 32.0. The van der Waals surface area contributed by atoms with Crippen molar-refractivity contribution in [3.05, 3.63) is 0 Å². The van der Waals surface area contributed by atoms with Gasteiger partial charge >= 0.3 is 0 Å². The van der Waals surface area contributed by atoms with Crippen LogP contribution in [-0.2, 0) is 9.53 Å². The fourth-order valence-electron chi connectivity index (χ4n) is 2.76. The second-order valence-electron chi connectivity index (χ2n) is 4.66. The molecule has 1 N–H and O–H groups in total. The molecule has 0 radical (unpaired) electrons. The van der Waals surface area contributed by atoms with Gasteiger partial charge in [-0.1, -0.05) is 0 Å². The van der Waals surface area contributed by atoms with Crippen LogP contribution in [0.15, 0.2) is 0 Å². The molecule has 4 nitrogen and oxygen atoms in total. The third-order valence-electron chi connectivity index (χ3n) is 3.74. The minimum atomic E-state index is 0.202. The van der Waals surface area contributed by atoms with E-state index >= 15 is 0 Å². The molecule has 2 fully saturated rings. The second-order valence-corrected chi connectivity index (χ2v) is 4.66. The van der Waals surface area contributed by atoms with Crippen molar-refractivity contribution in [2.75, 3.05) is 19.6 Å². The maximum Gasteiger partial charge on any atom is 0.236 e. The van der Waals surface area contributed by atoms with E-state index in [1.54, 1.807) is 0 Å². The van der Waals surface area contributed by atoms with Gasteiger partial charge in [-0.15, -0.1) is 0 Å². The molecular weight excluding hydrogens is 204 g/mol. The molecular formula is C12H22N2O2. The van der Waals surface area contributed by atoms with Crippen molar-refractivity contribution >= 4 is 5.91 Å². The lowest BCUT2D eigenvalue weighted by Gasteiger charge is -2.23. The van der Waals surface area contributed by atoms with Crippen LogP contribution < -0.4 is 5.32 Å². The number of nitrogens with one attached hydrogen (secondary N) is 1. The van der Waals surface area contributed by atoms with Gasteiger partial charge in [-0.3, -0.25) is 4.79 Å². The van der Waals surface area contributed by atoms with Crippen LogP contribution in [0.4, 0.5) is 0 Å². The first-order valence-corrected chi connectivity index (χ1v) is 6.41. The molecule has 0 aromatic carbocycles. The molecule has 0 spiro atoms. The number of fused-ring (bicyclic) bond motifs is 2. The van der Waals surface area contributed by atoms with Gasteiger partial charge in [0.25, 0.3) is 0 Å². The van der Waals surface area contributed by atoms with Crippen LogP contribution in [0, 0.1) is 0 Å². The average Bonchev–Trinajstić information content (AvgIpc) is 2.89. The number of nitrogens with zero attached hydrogens (tertiary/aromatic N) is 1. The van der Waals surface area contributed by atoms with Crippen molar-refractivity contribution in [2.24, 2.45) is 0 Å². The Kier molecular flexibility index (Phi) is 3.82. The van der Waals surface area contributed by atoms with Crippen molar-refractivity contribution in [1.82, 2.24) is 10.2 Å². The highest BCUT2D eigenvalue weighted by atomic mass is 16.5. The quantitative estimate of drug-likeness (QED) is 0.752. The highest BCUT2D eigenvalue weighted by Gasteiger charge is 2.40. The van der Waals surface area contributed by atoms with E-state index in [1.165, 1.54) is 6.42 Å². The molecule has 0 saturated carbocycles. The van der Waals surface area contributed by atoms with Crippen molar-refractivity contribution in [3.63, 3.8) is 0 Å². The molecule has 3 atom stereocenters. The fourth-order valence-corrected chi connectivity index (χ4v) is 2.76. The minimum Gasteiger partial charge on any atom is -0.373 e. The molecule has 2 bridgehead atoms. The summed E-state index contributed by atoms with van der Waals surface area (Å²) in [5.74, 6) is 0.202. The van der Waals surface area contributed by atoms with Crippen LogP contribution >= 0.6 is 0 Å². The lowest BCUT2D eigenvalue weighted by molar-refractivity contribution is -0.130. The summed E-state index contributed by atoms with van der Waals surface area (Å²) in [5, 5.41) is 3.35. The highest BCUT2D eigenvalue weighted by molar-refractivity contribution is 5.78. The predicted octanol–water partition coefficient (Wildman–Crippen LogP) is 0.764. The van der Waals surface area contributed by atoms with Crippen molar-refractivity contribution < 1.29 is 9.53 Å². The van der Waals surface area contributed by atoms with Gasteiger partial charge in [0.15, 0.2) is 0 Å². The molecule has 2 rings (SSSR count). The topological polar surface area (TPSA) is 41.6 Å². The summed E-state index contributed by atoms with van der Waals surface area (Å²) in [6.07, 6.45) is 4.24. The lowest BCUT2D eigenvalue weighted by atomic mass is 9.95. The summed E-state index contributed by atoms with van der Waals surface area (Å²) < 4.78 is 5.74. The molecule has 2 aliphatic heterocycles. The maximum atomic E-state index is 11.8. The van der Waals surface area contributed by atoms with Gasteiger partial charge in [0.1, 0.15) is 0 Å². The summed E-state index contributed by atoms with van der Waals surface area (Å²) in [7, 11) is 0. The van der Waals surface area contributed by atoms with Crippen molar-refractivity contribution in [2.45, 2.75) is 51.4 Å². The van der Waals surface area contributed by atoms with E-state index in [1.807, 2.05) is 18.7 Å². The molecule has 4 heteroatoms. The molecule has 3 unspecified atom stereocenters. The van der Waals surface area contributed by atoms with Gasteiger partial charge in [0.2, 0.25) is 5.91 Å². The number of carbonyl (C=O) groups excluding carboxylic acids is 1. The Morgan fingerprint density at radius 2 is 2.12 bits per heavy atom. The zero-order chi connectivity index (χ0) is 11.5. The van der Waals surface area contributed by atoms with E-state index in [9.17, 15) is 4.79 Å². The Balaban J connectivity index is 1.73. The van der Waals surface area contributed by atoms with Crippen LogP contribution in [0.1, 0.15) is 33.1 Å². The zero-order valence-corrected chi connectivity index (χ0v) is 10.2. The standard InChI is InChI=1S/C12H22N2O2/c1-3-14(4-2)12(15)8-13-10-7-9-5-6-11(10)16-9/h9-11,13H,3-8H2,1-2H3. The SMILES string of the molecule is CCN(CC)C(=O)CNC1CC2CCC1O2. The Morgan fingerprint density at radius 1 is 1.38 bits per heavy atom. The third kappa shape index (κ3) is 2.38. The maximum absolute atomic E-state index is 11.8. The van der Waals surface area contributed by atoms with Gasteiger partial charge in [-0.05, 0) is 33.1 Å². The van der Waals surface area contributed by atoms with Gasteiger partial charge in [-0.2, -0.15) is 0 Å². The third-order valence-corrected chi connectivity index (χ3v) is 3.74. The zero-order valence-electron chi connectivity index (χ0n) is 10.2. The molecule has 0 aromatic heterocycles. The van der Waals surface area contributed by atoms with Crippen LogP contribution in [0.3, 0.4) is 0 Å². The van der Waals surface area contributed by atoms with E-state index < -0.39 is 0 Å². The molecule has 2 heterocycles. The fraction of sp³-hybridized carbons (Fsp3) is 0.917. The van der Waals surface area contributed by atoms with Crippen molar-refractivity contribution in [1.29, 1.82) is 0 Å². The molecule has 92 valence electrons. The second kappa shape index (κ2) is 5.15. The first kappa shape index (κ1) is 11.9. The Hall–Kier alpha value is -0.610.